The molecule has 0 unspecified atom stereocenters. The van der Waals surface area contributed by atoms with Crippen LogP contribution in [-0.4, -0.2) is 76.7 Å². The van der Waals surface area contributed by atoms with Crippen LogP contribution in [-0.2, 0) is 9.84 Å². The minimum atomic E-state index is -2.90. The standard InChI is InChI=1S/C22H38N4O3S/c1-5-23-22(24-12-16-29-21-9-7-6-8-20(21)18(2)3)25-19-10-13-26(14-11-19)15-17-30(4,27)28/h6-9,18-19H,5,10-17H2,1-4H3,(H2,23,24,25). The fraction of sp³-hybridized carbons (Fsp3) is 0.682. The Balaban J connectivity index is 1.78. The summed E-state index contributed by atoms with van der Waals surface area (Å²) in [4.78, 5) is 6.89. The number of nitrogens with one attached hydrogen (secondary N) is 2. The van der Waals surface area contributed by atoms with Gasteiger partial charge in [-0.2, -0.15) is 0 Å². The van der Waals surface area contributed by atoms with Gasteiger partial charge in [-0.1, -0.05) is 32.0 Å². The molecule has 0 aliphatic carbocycles. The number of hydrogen-bond donors (Lipinski definition) is 2. The maximum atomic E-state index is 11.3. The summed E-state index contributed by atoms with van der Waals surface area (Å²) in [5.41, 5.74) is 1.22. The monoisotopic (exact) mass is 438 g/mol. The lowest BCUT2D eigenvalue weighted by atomic mass is 10.0. The Hall–Kier alpha value is -1.80. The van der Waals surface area contributed by atoms with Gasteiger partial charge in [-0.15, -0.1) is 0 Å². The lowest BCUT2D eigenvalue weighted by Gasteiger charge is -2.32. The van der Waals surface area contributed by atoms with Crippen LogP contribution in [0.25, 0.3) is 0 Å². The zero-order valence-corrected chi connectivity index (χ0v) is 19.7. The molecule has 0 atom stereocenters. The molecule has 1 aliphatic heterocycles. The van der Waals surface area contributed by atoms with E-state index in [-0.39, 0.29) is 5.75 Å². The molecule has 1 aromatic carbocycles. The minimum absolute atomic E-state index is 0.231. The molecule has 0 saturated carbocycles. The highest BCUT2D eigenvalue weighted by atomic mass is 32.2. The second kappa shape index (κ2) is 12.2. The van der Waals surface area contributed by atoms with E-state index >= 15 is 0 Å². The SMILES string of the molecule is CCNC(=NCCOc1ccccc1C(C)C)NC1CCN(CCS(C)(=O)=O)CC1. The highest BCUT2D eigenvalue weighted by molar-refractivity contribution is 7.90. The average molecular weight is 439 g/mol. The summed E-state index contributed by atoms with van der Waals surface area (Å²) in [6, 6.07) is 8.51. The molecule has 0 bridgehead atoms. The molecule has 1 fully saturated rings. The van der Waals surface area contributed by atoms with E-state index in [1.54, 1.807) is 0 Å². The molecule has 1 aliphatic rings. The summed E-state index contributed by atoms with van der Waals surface area (Å²) in [5, 5.41) is 6.82. The Labute approximate surface area is 182 Å². The van der Waals surface area contributed by atoms with Crippen LogP contribution in [0.5, 0.6) is 5.75 Å². The lowest BCUT2D eigenvalue weighted by Crippen LogP contribution is -2.49. The summed E-state index contributed by atoms with van der Waals surface area (Å²) < 4.78 is 28.7. The number of sulfone groups is 1. The van der Waals surface area contributed by atoms with Crippen molar-refractivity contribution in [2.75, 3.05) is 51.3 Å². The number of likely N-dealkylation sites (tertiary alicyclic amines) is 1. The van der Waals surface area contributed by atoms with Crippen molar-refractivity contribution in [2.24, 2.45) is 4.99 Å². The van der Waals surface area contributed by atoms with Crippen molar-refractivity contribution in [3.63, 3.8) is 0 Å². The predicted octanol–water partition coefficient (Wildman–Crippen LogP) is 2.25. The zero-order valence-electron chi connectivity index (χ0n) is 18.9. The molecule has 30 heavy (non-hydrogen) atoms. The molecule has 2 rings (SSSR count). The van der Waals surface area contributed by atoms with Gasteiger partial charge < -0.3 is 20.3 Å². The maximum absolute atomic E-state index is 11.3. The second-order valence-electron chi connectivity index (χ2n) is 8.19. The van der Waals surface area contributed by atoms with Crippen molar-refractivity contribution in [1.82, 2.24) is 15.5 Å². The zero-order chi connectivity index (χ0) is 22.0. The van der Waals surface area contributed by atoms with Gasteiger partial charge in [-0.05, 0) is 37.3 Å². The van der Waals surface area contributed by atoms with E-state index < -0.39 is 9.84 Å². The predicted molar refractivity (Wildman–Crippen MR) is 124 cm³/mol. The van der Waals surface area contributed by atoms with Crippen molar-refractivity contribution in [1.29, 1.82) is 0 Å². The summed E-state index contributed by atoms with van der Waals surface area (Å²) in [6.07, 6.45) is 3.25. The smallest absolute Gasteiger partial charge is 0.191 e. The average Bonchev–Trinajstić information content (AvgIpc) is 2.70. The Kier molecular flexibility index (Phi) is 9.91. The molecule has 170 valence electrons. The second-order valence-corrected chi connectivity index (χ2v) is 10.5. The summed E-state index contributed by atoms with van der Waals surface area (Å²) in [5.74, 6) is 2.40. The summed E-state index contributed by atoms with van der Waals surface area (Å²) in [7, 11) is -2.90. The molecule has 0 amide bonds. The quantitative estimate of drug-likeness (QED) is 0.331. The van der Waals surface area contributed by atoms with E-state index in [0.717, 1.165) is 44.2 Å². The van der Waals surface area contributed by atoms with E-state index in [9.17, 15) is 8.42 Å². The number of aliphatic imine (C=N–C) groups is 1. The molecular weight excluding hydrogens is 400 g/mol. The fourth-order valence-electron chi connectivity index (χ4n) is 3.51. The maximum Gasteiger partial charge on any atom is 0.191 e. The number of rotatable bonds is 10. The lowest BCUT2D eigenvalue weighted by molar-refractivity contribution is 0.216. The van der Waals surface area contributed by atoms with Crippen molar-refractivity contribution in [2.45, 2.75) is 45.6 Å². The first kappa shape index (κ1) is 24.5. The van der Waals surface area contributed by atoms with Crippen LogP contribution in [0.4, 0.5) is 0 Å². The minimum Gasteiger partial charge on any atom is -0.491 e. The van der Waals surface area contributed by atoms with Gasteiger partial charge in [0.2, 0.25) is 0 Å². The number of piperidine rings is 1. The van der Waals surface area contributed by atoms with Crippen molar-refractivity contribution in [3.05, 3.63) is 29.8 Å². The van der Waals surface area contributed by atoms with Gasteiger partial charge in [-0.3, -0.25) is 0 Å². The molecular formula is C22H38N4O3S. The van der Waals surface area contributed by atoms with Gasteiger partial charge in [0.25, 0.3) is 0 Å². The van der Waals surface area contributed by atoms with Crippen LogP contribution in [0.15, 0.2) is 29.3 Å². The first-order valence-corrected chi connectivity index (χ1v) is 13.0. The van der Waals surface area contributed by atoms with E-state index in [2.05, 4.69) is 47.4 Å². The molecule has 1 heterocycles. The van der Waals surface area contributed by atoms with Crippen LogP contribution >= 0.6 is 0 Å². The first-order valence-electron chi connectivity index (χ1n) is 10.9. The van der Waals surface area contributed by atoms with Crippen LogP contribution in [0, 0.1) is 0 Å². The number of hydrogen-bond acceptors (Lipinski definition) is 5. The van der Waals surface area contributed by atoms with Gasteiger partial charge in [0, 0.05) is 38.5 Å². The third-order valence-electron chi connectivity index (χ3n) is 5.21. The number of para-hydroxylation sites is 1. The van der Waals surface area contributed by atoms with Gasteiger partial charge in [0.05, 0.1) is 12.3 Å². The Morgan fingerprint density at radius 3 is 2.60 bits per heavy atom. The molecule has 2 N–H and O–H groups in total. The van der Waals surface area contributed by atoms with Gasteiger partial charge >= 0.3 is 0 Å². The molecule has 0 aromatic heterocycles. The van der Waals surface area contributed by atoms with Crippen molar-refractivity contribution in [3.8, 4) is 5.75 Å². The molecule has 7 nitrogen and oxygen atoms in total. The van der Waals surface area contributed by atoms with Gasteiger partial charge in [0.1, 0.15) is 22.2 Å². The molecule has 1 saturated heterocycles. The summed E-state index contributed by atoms with van der Waals surface area (Å²) in [6.45, 7) is 10.7. The van der Waals surface area contributed by atoms with Crippen LogP contribution in [0.1, 0.15) is 45.1 Å². The number of nitrogens with zero attached hydrogens (tertiary/aromatic N) is 2. The number of guanidine groups is 1. The highest BCUT2D eigenvalue weighted by Crippen LogP contribution is 2.25. The molecule has 0 radical (unpaired) electrons. The van der Waals surface area contributed by atoms with Gasteiger partial charge in [0.15, 0.2) is 5.96 Å². The summed E-state index contributed by atoms with van der Waals surface area (Å²) >= 11 is 0. The normalized spacial score (nSPS) is 16.6. The number of ether oxygens (including phenoxy) is 1. The molecule has 8 heteroatoms. The fourth-order valence-corrected chi connectivity index (χ4v) is 4.10. The Morgan fingerprint density at radius 2 is 1.97 bits per heavy atom. The van der Waals surface area contributed by atoms with Gasteiger partial charge in [-0.25, -0.2) is 13.4 Å². The molecule has 1 aromatic rings. The number of benzene rings is 1. The Morgan fingerprint density at radius 1 is 1.27 bits per heavy atom. The van der Waals surface area contributed by atoms with E-state index in [1.807, 2.05) is 18.2 Å². The van der Waals surface area contributed by atoms with Crippen molar-refractivity contribution < 1.29 is 13.2 Å². The van der Waals surface area contributed by atoms with E-state index in [4.69, 9.17) is 4.74 Å². The van der Waals surface area contributed by atoms with Crippen LogP contribution < -0.4 is 15.4 Å². The third-order valence-corrected chi connectivity index (χ3v) is 6.13. The van der Waals surface area contributed by atoms with Crippen molar-refractivity contribution >= 4 is 15.8 Å². The topological polar surface area (TPSA) is 83.0 Å². The molecule has 0 spiro atoms. The van der Waals surface area contributed by atoms with Crippen LogP contribution in [0.3, 0.4) is 0 Å². The van der Waals surface area contributed by atoms with E-state index in [0.29, 0.717) is 31.7 Å². The highest BCUT2D eigenvalue weighted by Gasteiger charge is 2.20. The first-order chi connectivity index (χ1) is 14.3. The van der Waals surface area contributed by atoms with E-state index in [1.165, 1.54) is 11.8 Å². The Bertz CT molecular complexity index is 772. The van der Waals surface area contributed by atoms with Crippen LogP contribution in [0.2, 0.25) is 0 Å². The largest absolute Gasteiger partial charge is 0.491 e. The third kappa shape index (κ3) is 8.92.